The van der Waals surface area contributed by atoms with Crippen LogP contribution >= 0.6 is 0 Å². The highest BCUT2D eigenvalue weighted by molar-refractivity contribution is 4.90. The highest BCUT2D eigenvalue weighted by Gasteiger charge is 1.97. The molecular formula is C20H38O. The van der Waals surface area contributed by atoms with Gasteiger partial charge < -0.3 is 5.11 Å². The van der Waals surface area contributed by atoms with Crippen LogP contribution in [-0.2, 0) is 0 Å². The summed E-state index contributed by atoms with van der Waals surface area (Å²) in [5.74, 6) is 0.643. The third-order valence-corrected chi connectivity index (χ3v) is 4.77. The number of hydrogen-bond acceptors (Lipinski definition) is 1. The molecule has 1 heteroatoms. The van der Waals surface area contributed by atoms with Gasteiger partial charge in [0.05, 0.1) is 5.76 Å². The Morgan fingerprint density at radius 1 is 0.476 bits per heavy atom. The van der Waals surface area contributed by atoms with Crippen molar-refractivity contribution in [3.05, 3.63) is 11.8 Å². The third kappa shape index (κ3) is 13.0. The molecule has 1 nitrogen and oxygen atoms in total. The van der Waals surface area contributed by atoms with Crippen molar-refractivity contribution in [2.24, 2.45) is 0 Å². The molecule has 0 atom stereocenters. The minimum atomic E-state index is 0.643. The van der Waals surface area contributed by atoms with E-state index in [4.69, 9.17) is 0 Å². The summed E-state index contributed by atoms with van der Waals surface area (Å²) >= 11 is 0. The van der Waals surface area contributed by atoms with Gasteiger partial charge in [-0.25, -0.2) is 0 Å². The summed E-state index contributed by atoms with van der Waals surface area (Å²) in [6.45, 7) is 0. The van der Waals surface area contributed by atoms with Crippen LogP contribution in [0.4, 0.5) is 0 Å². The van der Waals surface area contributed by atoms with Crippen LogP contribution in [0.1, 0.15) is 116 Å². The molecule has 0 amide bonds. The molecule has 0 heterocycles. The molecule has 0 bridgehead atoms. The van der Waals surface area contributed by atoms with E-state index >= 15 is 0 Å². The van der Waals surface area contributed by atoms with Gasteiger partial charge in [0.2, 0.25) is 0 Å². The van der Waals surface area contributed by atoms with E-state index in [1.165, 1.54) is 103 Å². The predicted molar refractivity (Wildman–Crippen MR) is 93.8 cm³/mol. The molecule has 0 radical (unpaired) electrons. The maximum Gasteiger partial charge on any atom is 0.0882 e. The maximum absolute atomic E-state index is 9.83. The lowest BCUT2D eigenvalue weighted by Gasteiger charge is -2.05. The van der Waals surface area contributed by atoms with E-state index in [0.717, 1.165) is 12.8 Å². The first kappa shape index (κ1) is 18.6. The lowest BCUT2D eigenvalue weighted by atomic mass is 10.0. The lowest BCUT2D eigenvalue weighted by molar-refractivity contribution is 0.376. The smallest absolute Gasteiger partial charge is 0.0882 e. The van der Waals surface area contributed by atoms with E-state index < -0.39 is 0 Å². The fourth-order valence-electron chi connectivity index (χ4n) is 3.30. The molecule has 0 saturated heterocycles. The summed E-state index contributed by atoms with van der Waals surface area (Å²) < 4.78 is 0. The maximum atomic E-state index is 9.83. The normalized spacial score (nSPS) is 23.1. The van der Waals surface area contributed by atoms with Gasteiger partial charge >= 0.3 is 0 Å². The van der Waals surface area contributed by atoms with E-state index in [1.54, 1.807) is 0 Å². The van der Waals surface area contributed by atoms with E-state index in [9.17, 15) is 5.11 Å². The minimum Gasteiger partial charge on any atom is -0.513 e. The molecule has 0 unspecified atom stereocenters. The summed E-state index contributed by atoms with van der Waals surface area (Å²) in [6.07, 6.45) is 26.2. The van der Waals surface area contributed by atoms with Gasteiger partial charge in [-0.2, -0.15) is 0 Å². The van der Waals surface area contributed by atoms with Crippen molar-refractivity contribution in [2.45, 2.75) is 116 Å². The van der Waals surface area contributed by atoms with Crippen LogP contribution in [-0.4, -0.2) is 5.11 Å². The molecule has 0 fully saturated rings. The SMILES string of the molecule is OC1=CCCCCCCCCCCCCCCCCCC1. The van der Waals surface area contributed by atoms with Gasteiger partial charge in [-0.15, -0.1) is 0 Å². The first-order chi connectivity index (χ1) is 10.4. The van der Waals surface area contributed by atoms with Gasteiger partial charge in [-0.1, -0.05) is 89.9 Å². The molecule has 124 valence electrons. The molecular weight excluding hydrogens is 256 g/mol. The van der Waals surface area contributed by atoms with E-state index in [0.29, 0.717) is 5.76 Å². The van der Waals surface area contributed by atoms with Crippen LogP contribution < -0.4 is 0 Å². The Morgan fingerprint density at radius 3 is 1.24 bits per heavy atom. The van der Waals surface area contributed by atoms with Crippen molar-refractivity contribution in [3.63, 3.8) is 0 Å². The molecule has 21 heavy (non-hydrogen) atoms. The van der Waals surface area contributed by atoms with Crippen molar-refractivity contribution in [1.29, 1.82) is 0 Å². The standard InChI is InChI=1S/C20H38O/c21-20-18-16-14-12-10-8-6-4-2-1-3-5-7-9-11-13-15-17-19-20/h18,21H,1-17,19H2. The molecule has 0 aromatic carbocycles. The predicted octanol–water partition coefficient (Wildman–Crippen LogP) is 7.46. The van der Waals surface area contributed by atoms with Crippen molar-refractivity contribution in [2.75, 3.05) is 0 Å². The molecule has 1 N–H and O–H groups in total. The van der Waals surface area contributed by atoms with Gasteiger partial charge in [0.1, 0.15) is 0 Å². The van der Waals surface area contributed by atoms with Gasteiger partial charge in [-0.3, -0.25) is 0 Å². The molecule has 0 aromatic heterocycles. The van der Waals surface area contributed by atoms with Crippen molar-refractivity contribution in [1.82, 2.24) is 0 Å². The molecule has 0 spiro atoms. The zero-order valence-electron chi connectivity index (χ0n) is 14.3. The zero-order chi connectivity index (χ0) is 15.0. The average molecular weight is 295 g/mol. The van der Waals surface area contributed by atoms with E-state index in [2.05, 4.69) is 6.08 Å². The number of rotatable bonds is 0. The molecule has 0 aliphatic heterocycles. The highest BCUT2D eigenvalue weighted by Crippen LogP contribution is 2.16. The summed E-state index contributed by atoms with van der Waals surface area (Å²) in [6, 6.07) is 0. The lowest BCUT2D eigenvalue weighted by Crippen LogP contribution is -1.86. The Morgan fingerprint density at radius 2 is 0.810 bits per heavy atom. The largest absolute Gasteiger partial charge is 0.513 e. The van der Waals surface area contributed by atoms with Crippen LogP contribution in [0.5, 0.6) is 0 Å². The Kier molecular flexibility index (Phi) is 12.8. The second kappa shape index (κ2) is 14.5. The Hall–Kier alpha value is -0.460. The second-order valence-corrected chi connectivity index (χ2v) is 6.89. The second-order valence-electron chi connectivity index (χ2n) is 6.89. The molecule has 1 aliphatic rings. The first-order valence-electron chi connectivity index (χ1n) is 9.77. The Bertz CT molecular complexity index is 244. The molecule has 0 aromatic rings. The summed E-state index contributed by atoms with van der Waals surface area (Å²) in [4.78, 5) is 0. The van der Waals surface area contributed by atoms with Crippen LogP contribution in [0.25, 0.3) is 0 Å². The average Bonchev–Trinajstić information content (AvgIpc) is 2.48. The van der Waals surface area contributed by atoms with Gasteiger partial charge in [0, 0.05) is 6.42 Å². The fraction of sp³-hybridized carbons (Fsp3) is 0.900. The quantitative estimate of drug-likeness (QED) is 0.491. The van der Waals surface area contributed by atoms with Crippen LogP contribution in [0.3, 0.4) is 0 Å². The van der Waals surface area contributed by atoms with Crippen molar-refractivity contribution >= 4 is 0 Å². The Labute approximate surface area is 133 Å². The minimum absolute atomic E-state index is 0.643. The summed E-state index contributed by atoms with van der Waals surface area (Å²) in [7, 11) is 0. The third-order valence-electron chi connectivity index (χ3n) is 4.77. The molecule has 1 aliphatic carbocycles. The van der Waals surface area contributed by atoms with Crippen LogP contribution in [0.2, 0.25) is 0 Å². The number of allylic oxidation sites excluding steroid dienone is 2. The zero-order valence-corrected chi connectivity index (χ0v) is 14.3. The monoisotopic (exact) mass is 294 g/mol. The Balaban J connectivity index is 2.14. The van der Waals surface area contributed by atoms with Crippen LogP contribution in [0.15, 0.2) is 11.8 Å². The van der Waals surface area contributed by atoms with Gasteiger partial charge in [0.25, 0.3) is 0 Å². The van der Waals surface area contributed by atoms with E-state index in [-0.39, 0.29) is 0 Å². The molecule has 1 rings (SSSR count). The van der Waals surface area contributed by atoms with Crippen molar-refractivity contribution < 1.29 is 5.11 Å². The van der Waals surface area contributed by atoms with Gasteiger partial charge in [0.15, 0.2) is 0 Å². The molecule has 0 saturated carbocycles. The first-order valence-corrected chi connectivity index (χ1v) is 9.77. The van der Waals surface area contributed by atoms with Crippen molar-refractivity contribution in [3.8, 4) is 0 Å². The highest BCUT2D eigenvalue weighted by atomic mass is 16.3. The van der Waals surface area contributed by atoms with Gasteiger partial charge in [-0.05, 0) is 25.3 Å². The summed E-state index contributed by atoms with van der Waals surface area (Å²) in [5, 5.41) is 9.83. The number of aliphatic hydroxyl groups excluding tert-OH is 1. The number of aliphatic hydroxyl groups is 1. The number of hydrogen-bond donors (Lipinski definition) is 1. The van der Waals surface area contributed by atoms with Crippen LogP contribution in [0, 0.1) is 0 Å². The van der Waals surface area contributed by atoms with E-state index in [1.807, 2.05) is 0 Å². The topological polar surface area (TPSA) is 20.2 Å². The summed E-state index contributed by atoms with van der Waals surface area (Å²) in [5.41, 5.74) is 0. The fourth-order valence-corrected chi connectivity index (χ4v) is 3.30.